The molecule has 0 bridgehead atoms. The van der Waals surface area contributed by atoms with Gasteiger partial charge in [0.2, 0.25) is 0 Å². The van der Waals surface area contributed by atoms with Gasteiger partial charge in [-0.05, 0) is 37.0 Å². The Balaban J connectivity index is 1.93. The molecule has 1 aromatic rings. The number of nitrogens with two attached hydrogens (primary N) is 1. The van der Waals surface area contributed by atoms with Crippen molar-refractivity contribution in [1.82, 2.24) is 0 Å². The number of rotatable bonds is 4. The van der Waals surface area contributed by atoms with Gasteiger partial charge in [0, 0.05) is 6.61 Å². The molecule has 1 aliphatic heterocycles. The van der Waals surface area contributed by atoms with Crippen molar-refractivity contribution in [2.45, 2.75) is 32.3 Å². The van der Waals surface area contributed by atoms with Crippen molar-refractivity contribution in [2.75, 3.05) is 18.9 Å². The monoisotopic (exact) mass is 221 g/mol. The maximum atomic E-state index is 5.92. The van der Waals surface area contributed by atoms with Crippen LogP contribution >= 0.6 is 0 Å². The minimum Gasteiger partial charge on any atom is -0.489 e. The lowest BCUT2D eigenvalue weighted by Crippen LogP contribution is -2.16. The molecule has 88 valence electrons. The molecule has 3 heteroatoms. The molecule has 0 spiro atoms. The van der Waals surface area contributed by atoms with E-state index in [9.17, 15) is 0 Å². The summed E-state index contributed by atoms with van der Waals surface area (Å²) in [5.74, 6) is 0.771. The lowest BCUT2D eigenvalue weighted by atomic mass is 10.1. The molecule has 1 fully saturated rings. The van der Waals surface area contributed by atoms with Crippen molar-refractivity contribution in [2.24, 2.45) is 0 Å². The van der Waals surface area contributed by atoms with E-state index in [1.54, 1.807) is 0 Å². The van der Waals surface area contributed by atoms with Crippen LogP contribution in [0.2, 0.25) is 0 Å². The van der Waals surface area contributed by atoms with E-state index >= 15 is 0 Å². The van der Waals surface area contributed by atoms with Gasteiger partial charge in [-0.3, -0.25) is 0 Å². The van der Waals surface area contributed by atoms with Gasteiger partial charge in [0.05, 0.1) is 11.8 Å². The van der Waals surface area contributed by atoms with Crippen LogP contribution < -0.4 is 10.5 Å². The number of hydrogen-bond donors (Lipinski definition) is 1. The first kappa shape index (κ1) is 11.3. The number of nitrogen functional groups attached to an aromatic ring is 1. The molecule has 1 saturated heterocycles. The second kappa shape index (κ2) is 5.21. The van der Waals surface area contributed by atoms with Crippen LogP contribution in [-0.2, 0) is 11.2 Å². The molecule has 1 heterocycles. The van der Waals surface area contributed by atoms with Crippen molar-refractivity contribution < 1.29 is 9.47 Å². The van der Waals surface area contributed by atoms with Gasteiger partial charge >= 0.3 is 0 Å². The second-order valence-electron chi connectivity index (χ2n) is 4.17. The lowest BCUT2D eigenvalue weighted by molar-refractivity contribution is 0.0682. The van der Waals surface area contributed by atoms with Crippen LogP contribution in [0.15, 0.2) is 18.2 Å². The van der Waals surface area contributed by atoms with Gasteiger partial charge in [-0.2, -0.15) is 0 Å². The highest BCUT2D eigenvalue weighted by atomic mass is 16.5. The van der Waals surface area contributed by atoms with Crippen LogP contribution in [0.1, 0.15) is 25.3 Å². The van der Waals surface area contributed by atoms with Gasteiger partial charge in [0.1, 0.15) is 12.4 Å². The van der Waals surface area contributed by atoms with Crippen LogP contribution in [0, 0.1) is 0 Å². The fraction of sp³-hybridized carbons (Fsp3) is 0.538. The molecule has 0 amide bonds. The largest absolute Gasteiger partial charge is 0.489 e. The van der Waals surface area contributed by atoms with E-state index in [2.05, 4.69) is 13.0 Å². The number of ether oxygens (including phenoxy) is 2. The molecule has 0 saturated carbocycles. The summed E-state index contributed by atoms with van der Waals surface area (Å²) in [7, 11) is 0. The molecule has 1 unspecified atom stereocenters. The van der Waals surface area contributed by atoms with Crippen molar-refractivity contribution in [3.8, 4) is 5.75 Å². The molecule has 1 aliphatic rings. The van der Waals surface area contributed by atoms with Crippen molar-refractivity contribution in [1.29, 1.82) is 0 Å². The zero-order valence-electron chi connectivity index (χ0n) is 9.74. The molecule has 3 nitrogen and oxygen atoms in total. The maximum Gasteiger partial charge on any atom is 0.142 e. The highest BCUT2D eigenvalue weighted by molar-refractivity contribution is 5.54. The maximum absolute atomic E-state index is 5.92. The number of aryl methyl sites for hydroxylation is 1. The number of anilines is 1. The molecule has 0 aliphatic carbocycles. The molecule has 0 radical (unpaired) electrons. The van der Waals surface area contributed by atoms with Gasteiger partial charge < -0.3 is 15.2 Å². The first-order chi connectivity index (χ1) is 7.79. The Bertz CT molecular complexity index is 346. The van der Waals surface area contributed by atoms with E-state index < -0.39 is 0 Å². The van der Waals surface area contributed by atoms with E-state index in [0.29, 0.717) is 6.61 Å². The van der Waals surface area contributed by atoms with Gasteiger partial charge in [-0.1, -0.05) is 13.0 Å². The van der Waals surface area contributed by atoms with E-state index in [1.807, 2.05) is 12.1 Å². The molecular formula is C13H19NO2. The molecule has 2 rings (SSSR count). The Labute approximate surface area is 96.5 Å². The Hall–Kier alpha value is -1.22. The topological polar surface area (TPSA) is 44.5 Å². The Morgan fingerprint density at radius 2 is 2.38 bits per heavy atom. The Morgan fingerprint density at radius 3 is 3.00 bits per heavy atom. The fourth-order valence-electron chi connectivity index (χ4n) is 1.91. The molecule has 2 N–H and O–H groups in total. The van der Waals surface area contributed by atoms with Gasteiger partial charge in [-0.15, -0.1) is 0 Å². The average molecular weight is 221 g/mol. The second-order valence-corrected chi connectivity index (χ2v) is 4.17. The van der Waals surface area contributed by atoms with Crippen LogP contribution in [0.25, 0.3) is 0 Å². The number of benzene rings is 1. The van der Waals surface area contributed by atoms with E-state index in [1.165, 1.54) is 5.56 Å². The summed E-state index contributed by atoms with van der Waals surface area (Å²) in [6, 6.07) is 5.98. The first-order valence-corrected chi connectivity index (χ1v) is 5.92. The van der Waals surface area contributed by atoms with Crippen molar-refractivity contribution in [3.05, 3.63) is 23.8 Å². The highest BCUT2D eigenvalue weighted by Crippen LogP contribution is 2.24. The standard InChI is InChI=1S/C13H19NO2/c1-2-10-5-6-13(12(14)8-10)16-9-11-4-3-7-15-11/h5-6,8,11H,2-4,7,9,14H2,1H3. The minimum atomic E-state index is 0.241. The Morgan fingerprint density at radius 1 is 1.50 bits per heavy atom. The van der Waals surface area contributed by atoms with E-state index in [-0.39, 0.29) is 6.10 Å². The van der Waals surface area contributed by atoms with Gasteiger partial charge in [0.15, 0.2) is 0 Å². The third kappa shape index (κ3) is 2.67. The third-order valence-corrected chi connectivity index (χ3v) is 2.93. The van der Waals surface area contributed by atoms with E-state index in [0.717, 1.165) is 37.3 Å². The van der Waals surface area contributed by atoms with Crippen molar-refractivity contribution in [3.63, 3.8) is 0 Å². The van der Waals surface area contributed by atoms with Crippen LogP contribution in [0.5, 0.6) is 5.75 Å². The highest BCUT2D eigenvalue weighted by Gasteiger charge is 2.16. The fourth-order valence-corrected chi connectivity index (χ4v) is 1.91. The zero-order valence-corrected chi connectivity index (χ0v) is 9.74. The summed E-state index contributed by atoms with van der Waals surface area (Å²) in [6.07, 6.45) is 3.46. The Kier molecular flexibility index (Phi) is 3.67. The van der Waals surface area contributed by atoms with Crippen LogP contribution in [0.4, 0.5) is 5.69 Å². The smallest absolute Gasteiger partial charge is 0.142 e. The minimum absolute atomic E-state index is 0.241. The van der Waals surface area contributed by atoms with Crippen LogP contribution in [0.3, 0.4) is 0 Å². The summed E-state index contributed by atoms with van der Waals surface area (Å²) < 4.78 is 11.2. The van der Waals surface area contributed by atoms with Crippen molar-refractivity contribution >= 4 is 5.69 Å². The third-order valence-electron chi connectivity index (χ3n) is 2.93. The quantitative estimate of drug-likeness (QED) is 0.794. The van der Waals surface area contributed by atoms with E-state index in [4.69, 9.17) is 15.2 Å². The zero-order chi connectivity index (χ0) is 11.4. The predicted molar refractivity (Wildman–Crippen MR) is 64.7 cm³/mol. The first-order valence-electron chi connectivity index (χ1n) is 5.92. The summed E-state index contributed by atoms with van der Waals surface area (Å²) in [6.45, 7) is 3.58. The summed E-state index contributed by atoms with van der Waals surface area (Å²) >= 11 is 0. The van der Waals surface area contributed by atoms with Crippen LogP contribution in [-0.4, -0.2) is 19.3 Å². The molecule has 16 heavy (non-hydrogen) atoms. The van der Waals surface area contributed by atoms with Gasteiger partial charge in [0.25, 0.3) is 0 Å². The SMILES string of the molecule is CCc1ccc(OCC2CCCO2)c(N)c1. The normalized spacial score (nSPS) is 19.9. The number of hydrogen-bond acceptors (Lipinski definition) is 3. The summed E-state index contributed by atoms with van der Waals surface area (Å²) in [5, 5.41) is 0. The molecule has 0 aromatic heterocycles. The summed E-state index contributed by atoms with van der Waals surface area (Å²) in [5.41, 5.74) is 7.87. The van der Waals surface area contributed by atoms with Gasteiger partial charge in [-0.25, -0.2) is 0 Å². The molecular weight excluding hydrogens is 202 g/mol. The average Bonchev–Trinajstić information content (AvgIpc) is 2.80. The lowest BCUT2D eigenvalue weighted by Gasteiger charge is -2.13. The summed E-state index contributed by atoms with van der Waals surface area (Å²) in [4.78, 5) is 0. The predicted octanol–water partition coefficient (Wildman–Crippen LogP) is 2.39. The molecule has 1 aromatic carbocycles. The molecule has 1 atom stereocenters.